The number of aromatic nitrogens is 1. The molecule has 144 valence electrons. The number of carbonyl (C=O) groups excluding carboxylic acids is 1. The molecule has 0 spiro atoms. The van der Waals surface area contributed by atoms with Crippen molar-refractivity contribution in [3.8, 4) is 5.69 Å². The lowest BCUT2D eigenvalue weighted by atomic mass is 10.2. The molecule has 1 aromatic heterocycles. The quantitative estimate of drug-likeness (QED) is 0.364. The highest BCUT2D eigenvalue weighted by Gasteiger charge is 2.14. The van der Waals surface area contributed by atoms with Crippen molar-refractivity contribution in [3.63, 3.8) is 0 Å². The van der Waals surface area contributed by atoms with Gasteiger partial charge >= 0.3 is 0 Å². The topological polar surface area (TPSA) is 46.4 Å². The third-order valence-electron chi connectivity index (χ3n) is 4.53. The molecule has 0 radical (unpaired) electrons. The van der Waals surface area contributed by atoms with Crippen molar-refractivity contribution < 1.29 is 4.79 Å². The largest absolute Gasteiger partial charge is 0.318 e. The normalized spacial score (nSPS) is 12.3. The molecule has 0 aliphatic carbocycles. The van der Waals surface area contributed by atoms with E-state index >= 15 is 0 Å². The van der Waals surface area contributed by atoms with Gasteiger partial charge in [-0.15, -0.1) is 11.8 Å². The Labute approximate surface area is 170 Å². The molecule has 1 amide bonds. The molecule has 0 saturated carbocycles. The Morgan fingerprint density at radius 2 is 1.82 bits per heavy atom. The molecule has 1 N–H and O–H groups in total. The number of amides is 1. The van der Waals surface area contributed by atoms with Crippen LogP contribution >= 0.6 is 11.8 Å². The van der Waals surface area contributed by atoms with Gasteiger partial charge in [0.15, 0.2) is 0 Å². The zero-order chi connectivity index (χ0) is 20.1. The van der Waals surface area contributed by atoms with Crippen LogP contribution in [0.25, 0.3) is 5.69 Å². The summed E-state index contributed by atoms with van der Waals surface area (Å²) in [5.74, 6) is -0.113. The van der Waals surface area contributed by atoms with Crippen molar-refractivity contribution in [2.75, 3.05) is 0 Å². The summed E-state index contributed by atoms with van der Waals surface area (Å²) in [6, 6.07) is 20.4. The Bertz CT molecular complexity index is 992. The average Bonchev–Trinajstić information content (AvgIpc) is 2.96. The van der Waals surface area contributed by atoms with Crippen molar-refractivity contribution in [2.45, 2.75) is 37.8 Å². The number of hydrazone groups is 1. The summed E-state index contributed by atoms with van der Waals surface area (Å²) in [5.41, 5.74) is 8.22. The lowest BCUT2D eigenvalue weighted by molar-refractivity contribution is -0.120. The van der Waals surface area contributed by atoms with E-state index in [-0.39, 0.29) is 11.2 Å². The molecule has 0 aliphatic rings. The fourth-order valence-corrected chi connectivity index (χ4v) is 3.98. The van der Waals surface area contributed by atoms with E-state index in [0.717, 1.165) is 27.5 Å². The monoisotopic (exact) mass is 391 g/mol. The molecule has 0 bridgehead atoms. The number of aryl methyl sites for hydroxylation is 2. The van der Waals surface area contributed by atoms with Crippen LogP contribution in [-0.4, -0.2) is 21.9 Å². The van der Waals surface area contributed by atoms with Crippen LogP contribution in [0.1, 0.15) is 29.4 Å². The minimum absolute atomic E-state index is 0.113. The molecule has 5 heteroatoms. The first-order chi connectivity index (χ1) is 13.5. The van der Waals surface area contributed by atoms with Crippen LogP contribution in [0.4, 0.5) is 0 Å². The second-order valence-electron chi connectivity index (χ2n) is 6.81. The van der Waals surface area contributed by atoms with Crippen LogP contribution in [0, 0.1) is 20.8 Å². The van der Waals surface area contributed by atoms with E-state index in [1.54, 1.807) is 6.21 Å². The van der Waals surface area contributed by atoms with Gasteiger partial charge in [0.1, 0.15) is 0 Å². The van der Waals surface area contributed by atoms with Gasteiger partial charge in [-0.3, -0.25) is 4.79 Å². The molecule has 0 fully saturated rings. The van der Waals surface area contributed by atoms with E-state index < -0.39 is 0 Å². The Hall–Kier alpha value is -2.79. The first-order valence-electron chi connectivity index (χ1n) is 9.26. The number of nitrogens with zero attached hydrogens (tertiary/aromatic N) is 2. The summed E-state index contributed by atoms with van der Waals surface area (Å²) in [7, 11) is 0. The molecule has 3 rings (SSSR count). The number of hydrogen-bond donors (Lipinski definition) is 1. The van der Waals surface area contributed by atoms with Gasteiger partial charge in [-0.2, -0.15) is 5.10 Å². The second-order valence-corrected chi connectivity index (χ2v) is 8.22. The lowest BCUT2D eigenvalue weighted by Gasteiger charge is -2.10. The molecule has 0 aliphatic heterocycles. The number of rotatable bonds is 6. The molecule has 0 unspecified atom stereocenters. The van der Waals surface area contributed by atoms with E-state index in [2.05, 4.69) is 66.2 Å². The molecular formula is C23H25N3OS. The molecule has 1 atom stereocenters. The molecular weight excluding hydrogens is 366 g/mol. The Morgan fingerprint density at radius 3 is 2.54 bits per heavy atom. The number of carbonyl (C=O) groups is 1. The zero-order valence-electron chi connectivity index (χ0n) is 16.6. The molecule has 1 heterocycles. The van der Waals surface area contributed by atoms with Crippen LogP contribution in [0.5, 0.6) is 0 Å². The number of benzene rings is 2. The van der Waals surface area contributed by atoms with Crippen LogP contribution in [-0.2, 0) is 4.79 Å². The highest BCUT2D eigenvalue weighted by atomic mass is 32.2. The zero-order valence-corrected chi connectivity index (χ0v) is 17.5. The van der Waals surface area contributed by atoms with Crippen molar-refractivity contribution in [3.05, 3.63) is 83.2 Å². The summed E-state index contributed by atoms with van der Waals surface area (Å²) in [6.45, 7) is 8.10. The average molecular weight is 392 g/mol. The predicted octanol–water partition coefficient (Wildman–Crippen LogP) is 5.03. The lowest BCUT2D eigenvalue weighted by Crippen LogP contribution is -2.26. The minimum Gasteiger partial charge on any atom is -0.318 e. The third kappa shape index (κ3) is 4.73. The van der Waals surface area contributed by atoms with Gasteiger partial charge in [-0.05, 0) is 63.6 Å². The van der Waals surface area contributed by atoms with Crippen molar-refractivity contribution in [1.82, 2.24) is 9.99 Å². The predicted molar refractivity (Wildman–Crippen MR) is 117 cm³/mol. The highest BCUT2D eigenvalue weighted by molar-refractivity contribution is 8.00. The van der Waals surface area contributed by atoms with Crippen LogP contribution in [0.3, 0.4) is 0 Å². The summed E-state index contributed by atoms with van der Waals surface area (Å²) in [5, 5.41) is 3.96. The Morgan fingerprint density at radius 1 is 1.07 bits per heavy atom. The van der Waals surface area contributed by atoms with Gasteiger partial charge < -0.3 is 4.57 Å². The van der Waals surface area contributed by atoms with E-state index in [4.69, 9.17) is 0 Å². The maximum atomic E-state index is 12.3. The van der Waals surface area contributed by atoms with Gasteiger partial charge in [-0.1, -0.05) is 30.3 Å². The van der Waals surface area contributed by atoms with Gasteiger partial charge in [0.2, 0.25) is 0 Å². The Kier molecular flexibility index (Phi) is 6.37. The SMILES string of the molecule is Cc1cccc(-n2c(C)cc(/C=N\NC(=O)[C@H](C)Sc3ccccc3)c2C)c1. The maximum absolute atomic E-state index is 12.3. The van der Waals surface area contributed by atoms with Crippen LogP contribution in [0.2, 0.25) is 0 Å². The molecule has 0 saturated heterocycles. The minimum atomic E-state index is -0.223. The standard InChI is InChI=1S/C23H25N3OS/c1-16-9-8-10-21(13-16)26-17(2)14-20(18(26)3)15-24-25-23(27)19(4)28-22-11-6-5-7-12-22/h5-15,19H,1-4H3,(H,25,27)/b24-15-/t19-/m0/s1. The molecule has 4 nitrogen and oxygen atoms in total. The van der Waals surface area contributed by atoms with Gasteiger partial charge in [0.05, 0.1) is 11.5 Å². The molecule has 2 aromatic carbocycles. The third-order valence-corrected chi connectivity index (χ3v) is 5.65. The fraction of sp³-hybridized carbons (Fsp3) is 0.217. The smallest absolute Gasteiger partial charge is 0.253 e. The summed E-state index contributed by atoms with van der Waals surface area (Å²) in [6.07, 6.45) is 1.71. The summed E-state index contributed by atoms with van der Waals surface area (Å²) in [4.78, 5) is 13.4. The second kappa shape index (κ2) is 8.93. The highest BCUT2D eigenvalue weighted by Crippen LogP contribution is 2.23. The van der Waals surface area contributed by atoms with E-state index in [1.165, 1.54) is 17.3 Å². The number of thioether (sulfide) groups is 1. The maximum Gasteiger partial charge on any atom is 0.253 e. The first-order valence-corrected chi connectivity index (χ1v) is 10.1. The van der Waals surface area contributed by atoms with Gasteiger partial charge in [-0.25, -0.2) is 5.43 Å². The van der Waals surface area contributed by atoms with Crippen LogP contribution < -0.4 is 5.43 Å². The van der Waals surface area contributed by atoms with Crippen molar-refractivity contribution in [1.29, 1.82) is 0 Å². The van der Waals surface area contributed by atoms with Gasteiger partial charge in [0, 0.05) is 27.5 Å². The van der Waals surface area contributed by atoms with Crippen LogP contribution in [0.15, 0.2) is 70.7 Å². The first kappa shape index (κ1) is 20.0. The van der Waals surface area contributed by atoms with Crippen molar-refractivity contribution in [2.24, 2.45) is 5.10 Å². The van der Waals surface area contributed by atoms with E-state index in [0.29, 0.717) is 0 Å². The van der Waals surface area contributed by atoms with E-state index in [1.807, 2.05) is 37.3 Å². The Balaban J connectivity index is 1.68. The number of hydrogen-bond acceptors (Lipinski definition) is 3. The summed E-state index contributed by atoms with van der Waals surface area (Å²) >= 11 is 1.52. The number of nitrogens with one attached hydrogen (secondary N) is 1. The van der Waals surface area contributed by atoms with E-state index in [9.17, 15) is 4.79 Å². The molecule has 3 aromatic rings. The van der Waals surface area contributed by atoms with Crippen molar-refractivity contribution >= 4 is 23.9 Å². The molecule has 28 heavy (non-hydrogen) atoms. The van der Waals surface area contributed by atoms with Gasteiger partial charge in [0.25, 0.3) is 5.91 Å². The summed E-state index contributed by atoms with van der Waals surface area (Å²) < 4.78 is 2.20. The fourth-order valence-electron chi connectivity index (χ4n) is 3.10.